The Morgan fingerprint density at radius 3 is 2.46 bits per heavy atom. The second-order valence-electron chi connectivity index (χ2n) is 5.08. The number of aryl methyl sites for hydroxylation is 1. The summed E-state index contributed by atoms with van der Waals surface area (Å²) in [5.41, 5.74) is 0.821. The highest BCUT2D eigenvalue weighted by molar-refractivity contribution is 5.80. The summed E-state index contributed by atoms with van der Waals surface area (Å²) in [7, 11) is 0. The summed E-state index contributed by atoms with van der Waals surface area (Å²) < 4.78 is 5.55. The van der Waals surface area contributed by atoms with E-state index in [1.165, 1.54) is 6.07 Å². The summed E-state index contributed by atoms with van der Waals surface area (Å²) in [6.45, 7) is 1.88. The monoisotopic (exact) mass is 325 g/mol. The normalized spacial score (nSPS) is 10.5. The highest BCUT2D eigenvalue weighted by atomic mass is 16.6. The highest BCUT2D eigenvalue weighted by Crippen LogP contribution is 2.35. The minimum absolute atomic E-state index is 0.0648. The van der Waals surface area contributed by atoms with Crippen LogP contribution in [0, 0.1) is 27.2 Å². The van der Waals surface area contributed by atoms with Gasteiger partial charge in [0.15, 0.2) is 0 Å². The molecule has 0 aliphatic rings. The molecule has 0 radical (unpaired) electrons. The van der Waals surface area contributed by atoms with Crippen LogP contribution in [0.25, 0.3) is 10.9 Å². The predicted octanol–water partition coefficient (Wildman–Crippen LogP) is 4.15. The zero-order valence-corrected chi connectivity index (χ0v) is 12.5. The summed E-state index contributed by atoms with van der Waals surface area (Å²) in [6, 6.07) is 12.1. The SMILES string of the molecule is Cc1ccc2cc(Oc3ccc([N+](=O)[O-])cc3[N+](=O)[O-])ccc2n1. The van der Waals surface area contributed by atoms with Crippen molar-refractivity contribution in [2.45, 2.75) is 6.92 Å². The molecule has 0 saturated heterocycles. The average Bonchev–Trinajstić information content (AvgIpc) is 2.55. The molecule has 3 rings (SSSR count). The van der Waals surface area contributed by atoms with E-state index in [0.717, 1.165) is 28.7 Å². The van der Waals surface area contributed by atoms with Gasteiger partial charge in [0, 0.05) is 17.1 Å². The van der Waals surface area contributed by atoms with Crippen molar-refractivity contribution in [3.05, 3.63) is 74.5 Å². The second-order valence-corrected chi connectivity index (χ2v) is 5.08. The van der Waals surface area contributed by atoms with Crippen LogP contribution in [-0.4, -0.2) is 14.8 Å². The van der Waals surface area contributed by atoms with Crippen LogP contribution in [0.2, 0.25) is 0 Å². The van der Waals surface area contributed by atoms with Crippen molar-refractivity contribution >= 4 is 22.3 Å². The van der Waals surface area contributed by atoms with E-state index in [1.54, 1.807) is 18.2 Å². The zero-order chi connectivity index (χ0) is 17.3. The molecule has 0 unspecified atom stereocenters. The quantitative estimate of drug-likeness (QED) is 0.526. The second kappa shape index (κ2) is 5.92. The molecule has 0 bridgehead atoms. The van der Waals surface area contributed by atoms with E-state index in [4.69, 9.17) is 4.74 Å². The Kier molecular flexibility index (Phi) is 3.78. The Morgan fingerprint density at radius 2 is 1.75 bits per heavy atom. The molecular weight excluding hydrogens is 314 g/mol. The van der Waals surface area contributed by atoms with Gasteiger partial charge in [0.1, 0.15) is 5.75 Å². The Balaban J connectivity index is 2.00. The third-order valence-corrected chi connectivity index (χ3v) is 3.38. The minimum atomic E-state index is -0.714. The largest absolute Gasteiger partial charge is 0.450 e. The first-order valence-corrected chi connectivity index (χ1v) is 6.92. The van der Waals surface area contributed by atoms with Crippen LogP contribution in [-0.2, 0) is 0 Å². The molecule has 0 saturated carbocycles. The van der Waals surface area contributed by atoms with E-state index in [1.807, 2.05) is 19.1 Å². The summed E-state index contributed by atoms with van der Waals surface area (Å²) in [5, 5.41) is 22.7. The molecular formula is C16H11N3O5. The first kappa shape index (κ1) is 15.3. The lowest BCUT2D eigenvalue weighted by molar-refractivity contribution is -0.394. The van der Waals surface area contributed by atoms with E-state index in [-0.39, 0.29) is 11.4 Å². The molecule has 1 heterocycles. The van der Waals surface area contributed by atoms with E-state index in [0.29, 0.717) is 5.75 Å². The van der Waals surface area contributed by atoms with Crippen molar-refractivity contribution < 1.29 is 14.6 Å². The van der Waals surface area contributed by atoms with Gasteiger partial charge in [-0.15, -0.1) is 0 Å². The molecule has 1 aromatic heterocycles. The highest BCUT2D eigenvalue weighted by Gasteiger charge is 2.21. The molecule has 0 fully saturated rings. The van der Waals surface area contributed by atoms with Gasteiger partial charge in [-0.1, -0.05) is 6.07 Å². The Bertz CT molecular complexity index is 971. The summed E-state index contributed by atoms with van der Waals surface area (Å²) in [6.07, 6.45) is 0. The molecule has 0 spiro atoms. The molecule has 0 aliphatic heterocycles. The van der Waals surface area contributed by atoms with Gasteiger partial charge in [0.2, 0.25) is 5.75 Å². The van der Waals surface area contributed by atoms with Crippen LogP contribution in [0.15, 0.2) is 48.5 Å². The van der Waals surface area contributed by atoms with Crippen molar-refractivity contribution in [2.24, 2.45) is 0 Å². The van der Waals surface area contributed by atoms with Crippen molar-refractivity contribution in [3.63, 3.8) is 0 Å². The van der Waals surface area contributed by atoms with Crippen molar-refractivity contribution in [2.75, 3.05) is 0 Å². The number of hydrogen-bond donors (Lipinski definition) is 0. The van der Waals surface area contributed by atoms with Gasteiger partial charge in [-0.3, -0.25) is 25.2 Å². The van der Waals surface area contributed by atoms with Gasteiger partial charge >= 0.3 is 5.69 Å². The van der Waals surface area contributed by atoms with Gasteiger partial charge in [-0.2, -0.15) is 0 Å². The van der Waals surface area contributed by atoms with Crippen LogP contribution in [0.5, 0.6) is 11.5 Å². The fourth-order valence-corrected chi connectivity index (χ4v) is 2.24. The summed E-state index contributed by atoms with van der Waals surface area (Å²) >= 11 is 0. The maximum atomic E-state index is 11.1. The molecule has 0 amide bonds. The smallest absolute Gasteiger partial charge is 0.318 e. The number of pyridine rings is 1. The van der Waals surface area contributed by atoms with Gasteiger partial charge in [-0.05, 0) is 37.3 Å². The van der Waals surface area contributed by atoms with Crippen molar-refractivity contribution in [1.82, 2.24) is 4.98 Å². The Hall–Kier alpha value is -3.55. The fraction of sp³-hybridized carbons (Fsp3) is 0.0625. The number of ether oxygens (including phenoxy) is 1. The molecule has 0 atom stereocenters. The molecule has 0 aliphatic carbocycles. The summed E-state index contributed by atoms with van der Waals surface area (Å²) in [4.78, 5) is 24.8. The molecule has 3 aromatic rings. The molecule has 120 valence electrons. The Morgan fingerprint density at radius 1 is 0.958 bits per heavy atom. The summed E-state index contributed by atoms with van der Waals surface area (Å²) in [5.74, 6) is 0.315. The average molecular weight is 325 g/mol. The zero-order valence-electron chi connectivity index (χ0n) is 12.5. The van der Waals surface area contributed by atoms with Crippen LogP contribution < -0.4 is 4.74 Å². The first-order chi connectivity index (χ1) is 11.4. The van der Waals surface area contributed by atoms with Crippen LogP contribution in [0.1, 0.15) is 5.69 Å². The van der Waals surface area contributed by atoms with E-state index < -0.39 is 15.5 Å². The lowest BCUT2D eigenvalue weighted by atomic mass is 10.2. The van der Waals surface area contributed by atoms with Crippen molar-refractivity contribution in [1.29, 1.82) is 0 Å². The third kappa shape index (κ3) is 2.98. The molecule has 0 N–H and O–H groups in total. The lowest BCUT2D eigenvalue weighted by Crippen LogP contribution is -1.96. The standard InChI is InChI=1S/C16H11N3O5/c1-10-2-3-11-8-13(5-6-14(11)17-10)24-16-7-4-12(18(20)21)9-15(16)19(22)23/h2-9H,1H3. The van der Waals surface area contributed by atoms with Crippen molar-refractivity contribution in [3.8, 4) is 11.5 Å². The van der Waals surface area contributed by atoms with E-state index in [2.05, 4.69) is 4.98 Å². The molecule has 2 aromatic carbocycles. The number of benzene rings is 2. The number of non-ortho nitro benzene ring substituents is 1. The molecule has 8 heteroatoms. The van der Waals surface area contributed by atoms with Gasteiger partial charge in [0.05, 0.1) is 21.4 Å². The number of nitro groups is 2. The number of rotatable bonds is 4. The number of fused-ring (bicyclic) bond motifs is 1. The van der Waals surface area contributed by atoms with Crippen LogP contribution in [0.4, 0.5) is 11.4 Å². The topological polar surface area (TPSA) is 108 Å². The molecule has 24 heavy (non-hydrogen) atoms. The lowest BCUT2D eigenvalue weighted by Gasteiger charge is -2.07. The number of nitro benzene ring substituents is 2. The van der Waals surface area contributed by atoms with Gasteiger partial charge < -0.3 is 4.74 Å². The predicted molar refractivity (Wildman–Crippen MR) is 86.3 cm³/mol. The van der Waals surface area contributed by atoms with E-state index in [9.17, 15) is 20.2 Å². The molecule has 8 nitrogen and oxygen atoms in total. The van der Waals surface area contributed by atoms with E-state index >= 15 is 0 Å². The minimum Gasteiger partial charge on any atom is -0.450 e. The number of hydrogen-bond acceptors (Lipinski definition) is 6. The maximum Gasteiger partial charge on any atom is 0.318 e. The van der Waals surface area contributed by atoms with Crippen LogP contribution in [0.3, 0.4) is 0 Å². The fourth-order valence-electron chi connectivity index (χ4n) is 2.24. The van der Waals surface area contributed by atoms with Gasteiger partial charge in [-0.25, -0.2) is 0 Å². The van der Waals surface area contributed by atoms with Gasteiger partial charge in [0.25, 0.3) is 5.69 Å². The number of aromatic nitrogens is 1. The van der Waals surface area contributed by atoms with Crippen LogP contribution >= 0.6 is 0 Å². The first-order valence-electron chi connectivity index (χ1n) is 6.92. The maximum absolute atomic E-state index is 11.1. The Labute approximate surface area is 135 Å². The third-order valence-electron chi connectivity index (χ3n) is 3.38. The number of nitrogens with zero attached hydrogens (tertiary/aromatic N) is 3.